The smallest absolute Gasteiger partial charge is 0.251 e. The number of hydrogen-bond acceptors (Lipinski definition) is 4. The minimum Gasteiger partial charge on any atom is -0.488 e. The lowest BCUT2D eigenvalue weighted by atomic mass is 10.1. The van der Waals surface area contributed by atoms with Gasteiger partial charge in [-0.25, -0.2) is 8.42 Å². The topological polar surface area (TPSA) is 84.5 Å². The number of nitrogens with one attached hydrogen (secondary N) is 2. The monoisotopic (exact) mass is 360 g/mol. The van der Waals surface area contributed by atoms with Crippen LogP contribution in [0.25, 0.3) is 0 Å². The highest BCUT2D eigenvalue weighted by molar-refractivity contribution is 7.92. The number of rotatable bonds is 5. The minimum atomic E-state index is -3.40. The van der Waals surface area contributed by atoms with E-state index in [-0.39, 0.29) is 12.0 Å². The zero-order chi connectivity index (χ0) is 18.0. The predicted molar refractivity (Wildman–Crippen MR) is 96.5 cm³/mol. The van der Waals surface area contributed by atoms with Crippen LogP contribution in [-0.2, 0) is 16.4 Å². The van der Waals surface area contributed by atoms with Crippen LogP contribution >= 0.6 is 0 Å². The molecule has 0 aromatic heterocycles. The number of hydrogen-bond donors (Lipinski definition) is 2. The summed E-state index contributed by atoms with van der Waals surface area (Å²) in [7, 11) is -3.40. The van der Waals surface area contributed by atoms with Gasteiger partial charge in [0.05, 0.1) is 18.5 Å². The van der Waals surface area contributed by atoms with E-state index in [2.05, 4.69) is 10.0 Å². The number of carbonyl (C=O) groups excluding carboxylic acids is 1. The second-order valence-electron chi connectivity index (χ2n) is 6.17. The molecular weight excluding hydrogens is 340 g/mol. The van der Waals surface area contributed by atoms with Crippen molar-refractivity contribution in [2.24, 2.45) is 0 Å². The van der Waals surface area contributed by atoms with Crippen molar-refractivity contribution in [3.63, 3.8) is 0 Å². The van der Waals surface area contributed by atoms with Crippen molar-refractivity contribution >= 4 is 21.6 Å². The highest BCUT2D eigenvalue weighted by Crippen LogP contribution is 2.27. The van der Waals surface area contributed by atoms with Gasteiger partial charge in [0.15, 0.2) is 0 Å². The number of ether oxygens (including phenoxy) is 1. The molecule has 0 spiro atoms. The van der Waals surface area contributed by atoms with Crippen molar-refractivity contribution in [3.8, 4) is 5.75 Å². The molecule has 1 atom stereocenters. The summed E-state index contributed by atoms with van der Waals surface area (Å²) in [6.07, 6.45) is 1.74. The molecule has 1 aliphatic rings. The Bertz CT molecular complexity index is 884. The van der Waals surface area contributed by atoms with Crippen LogP contribution in [0, 0.1) is 6.92 Å². The van der Waals surface area contributed by atoms with E-state index in [1.54, 1.807) is 19.1 Å². The Morgan fingerprint density at radius 1 is 1.24 bits per heavy atom. The van der Waals surface area contributed by atoms with Crippen LogP contribution in [0.3, 0.4) is 0 Å². The maximum atomic E-state index is 12.4. The van der Waals surface area contributed by atoms with Gasteiger partial charge < -0.3 is 10.1 Å². The van der Waals surface area contributed by atoms with Gasteiger partial charge in [0.1, 0.15) is 11.9 Å². The first-order valence-electron chi connectivity index (χ1n) is 7.93. The third-order valence-electron chi connectivity index (χ3n) is 4.00. The summed E-state index contributed by atoms with van der Waals surface area (Å²) < 4.78 is 31.0. The second-order valence-corrected chi connectivity index (χ2v) is 7.91. The summed E-state index contributed by atoms with van der Waals surface area (Å²) in [6.45, 7) is 2.16. The third-order valence-corrected chi connectivity index (χ3v) is 4.59. The Labute approximate surface area is 147 Å². The maximum absolute atomic E-state index is 12.4. The van der Waals surface area contributed by atoms with Crippen LogP contribution in [0.1, 0.15) is 21.5 Å². The average molecular weight is 360 g/mol. The second kappa shape index (κ2) is 6.76. The molecule has 2 aromatic carbocycles. The number of anilines is 1. The van der Waals surface area contributed by atoms with Crippen LogP contribution in [0.5, 0.6) is 5.75 Å². The summed E-state index contributed by atoms with van der Waals surface area (Å²) in [5.74, 6) is 0.591. The molecule has 1 amide bonds. The van der Waals surface area contributed by atoms with Crippen LogP contribution < -0.4 is 14.8 Å². The molecule has 0 radical (unpaired) electrons. The fraction of sp³-hybridized carbons (Fsp3) is 0.278. The van der Waals surface area contributed by atoms with Gasteiger partial charge in [-0.2, -0.15) is 0 Å². The Kier molecular flexibility index (Phi) is 4.67. The van der Waals surface area contributed by atoms with E-state index in [0.29, 0.717) is 17.8 Å². The standard InChI is InChI=1S/C18H20N2O4S/c1-12-7-8-14(10-16(12)20-25(2,22)23)18(21)19-11-15-9-13-5-3-4-6-17(13)24-15/h3-8,10,15,20H,9,11H2,1-2H3,(H,19,21). The van der Waals surface area contributed by atoms with E-state index < -0.39 is 10.0 Å². The number of benzene rings is 2. The normalized spacial score (nSPS) is 16.0. The van der Waals surface area contributed by atoms with Crippen LogP contribution in [0.4, 0.5) is 5.69 Å². The summed E-state index contributed by atoms with van der Waals surface area (Å²) >= 11 is 0. The van der Waals surface area contributed by atoms with Crippen molar-refractivity contribution in [2.75, 3.05) is 17.5 Å². The first-order chi connectivity index (χ1) is 11.8. The molecule has 3 rings (SSSR count). The first kappa shape index (κ1) is 17.3. The fourth-order valence-electron chi connectivity index (χ4n) is 2.75. The molecular formula is C18H20N2O4S. The lowest BCUT2D eigenvalue weighted by Gasteiger charge is -2.13. The molecule has 6 nitrogen and oxygen atoms in total. The van der Waals surface area contributed by atoms with Gasteiger partial charge in [-0.1, -0.05) is 24.3 Å². The number of amides is 1. The molecule has 2 N–H and O–H groups in total. The molecule has 2 aromatic rings. The van der Waals surface area contributed by atoms with Crippen molar-refractivity contribution in [3.05, 3.63) is 59.2 Å². The van der Waals surface area contributed by atoms with E-state index in [9.17, 15) is 13.2 Å². The molecule has 1 unspecified atom stereocenters. The van der Waals surface area contributed by atoms with Crippen molar-refractivity contribution in [1.29, 1.82) is 0 Å². The van der Waals surface area contributed by atoms with Crippen LogP contribution in [0.2, 0.25) is 0 Å². The van der Waals surface area contributed by atoms with Gasteiger partial charge in [-0.3, -0.25) is 9.52 Å². The lowest BCUT2D eigenvalue weighted by molar-refractivity contribution is 0.0933. The molecule has 25 heavy (non-hydrogen) atoms. The molecule has 132 valence electrons. The number of para-hydroxylation sites is 1. The SMILES string of the molecule is Cc1ccc(C(=O)NCC2Cc3ccccc3O2)cc1NS(C)(=O)=O. The van der Waals surface area contributed by atoms with E-state index >= 15 is 0 Å². The molecule has 1 heterocycles. The summed E-state index contributed by atoms with van der Waals surface area (Å²) in [4.78, 5) is 12.4. The van der Waals surface area contributed by atoms with Gasteiger partial charge in [0, 0.05) is 12.0 Å². The number of fused-ring (bicyclic) bond motifs is 1. The zero-order valence-corrected chi connectivity index (χ0v) is 14.9. The van der Waals surface area contributed by atoms with E-state index in [4.69, 9.17) is 4.74 Å². The maximum Gasteiger partial charge on any atom is 0.251 e. The Morgan fingerprint density at radius 3 is 2.72 bits per heavy atom. The molecule has 0 saturated carbocycles. The number of carbonyl (C=O) groups is 1. The highest BCUT2D eigenvalue weighted by Gasteiger charge is 2.23. The molecule has 1 aliphatic heterocycles. The molecule has 7 heteroatoms. The zero-order valence-electron chi connectivity index (χ0n) is 14.1. The fourth-order valence-corrected chi connectivity index (χ4v) is 3.37. The Morgan fingerprint density at radius 2 is 2.00 bits per heavy atom. The molecule has 0 aliphatic carbocycles. The van der Waals surface area contributed by atoms with E-state index in [1.807, 2.05) is 24.3 Å². The lowest BCUT2D eigenvalue weighted by Crippen LogP contribution is -2.34. The Hall–Kier alpha value is -2.54. The van der Waals surface area contributed by atoms with Gasteiger partial charge in [0.2, 0.25) is 10.0 Å². The number of aryl methyl sites for hydroxylation is 1. The minimum absolute atomic E-state index is 0.0968. The molecule has 0 fully saturated rings. The van der Waals surface area contributed by atoms with Crippen LogP contribution in [0.15, 0.2) is 42.5 Å². The van der Waals surface area contributed by atoms with Gasteiger partial charge in [-0.15, -0.1) is 0 Å². The molecule has 0 saturated heterocycles. The van der Waals surface area contributed by atoms with Gasteiger partial charge >= 0.3 is 0 Å². The average Bonchev–Trinajstić information content (AvgIpc) is 2.96. The van der Waals surface area contributed by atoms with Gasteiger partial charge in [0.25, 0.3) is 5.91 Å². The summed E-state index contributed by atoms with van der Waals surface area (Å²) in [5.41, 5.74) is 2.68. The largest absolute Gasteiger partial charge is 0.488 e. The van der Waals surface area contributed by atoms with Crippen LogP contribution in [-0.4, -0.2) is 33.2 Å². The van der Waals surface area contributed by atoms with Crippen molar-refractivity contribution < 1.29 is 17.9 Å². The summed E-state index contributed by atoms with van der Waals surface area (Å²) in [5, 5.41) is 2.84. The van der Waals surface area contributed by atoms with Crippen molar-refractivity contribution in [1.82, 2.24) is 5.32 Å². The van der Waals surface area contributed by atoms with Gasteiger partial charge in [-0.05, 0) is 36.2 Å². The van der Waals surface area contributed by atoms with E-state index in [1.165, 1.54) is 6.07 Å². The number of sulfonamides is 1. The Balaban J connectivity index is 1.63. The van der Waals surface area contributed by atoms with E-state index in [0.717, 1.165) is 29.6 Å². The highest BCUT2D eigenvalue weighted by atomic mass is 32.2. The quantitative estimate of drug-likeness (QED) is 0.855. The van der Waals surface area contributed by atoms with Crippen molar-refractivity contribution in [2.45, 2.75) is 19.4 Å². The predicted octanol–water partition coefficient (Wildman–Crippen LogP) is 2.10. The first-order valence-corrected chi connectivity index (χ1v) is 9.82. The summed E-state index contributed by atoms with van der Waals surface area (Å²) in [6, 6.07) is 12.7. The molecule has 0 bridgehead atoms. The third kappa shape index (κ3) is 4.30.